The van der Waals surface area contributed by atoms with Crippen molar-refractivity contribution in [2.24, 2.45) is 0 Å². The molecule has 3 heteroatoms. The second-order valence-corrected chi connectivity index (χ2v) is 9.39. The molecular weight excluding hydrogens is 310 g/mol. The van der Waals surface area contributed by atoms with Crippen molar-refractivity contribution in [2.75, 3.05) is 0 Å². The van der Waals surface area contributed by atoms with E-state index >= 15 is 0 Å². The molecule has 3 rings (SSSR count). The lowest BCUT2D eigenvalue weighted by Crippen LogP contribution is -2.13. The lowest BCUT2D eigenvalue weighted by Gasteiger charge is -2.20. The number of hydrogen-bond donors (Lipinski definition) is 0. The Bertz CT molecular complexity index is 851. The molecular formula is C21H24NOSi. The summed E-state index contributed by atoms with van der Waals surface area (Å²) in [5.41, 5.74) is 4.77. The van der Waals surface area contributed by atoms with Gasteiger partial charge in [0.2, 0.25) is 5.88 Å². The zero-order valence-electron chi connectivity index (χ0n) is 15.1. The Balaban J connectivity index is 2.25. The summed E-state index contributed by atoms with van der Waals surface area (Å²) >= 11 is 0. The van der Waals surface area contributed by atoms with Crippen LogP contribution in [-0.2, 0) is 5.41 Å². The van der Waals surface area contributed by atoms with Gasteiger partial charge in [-0.15, -0.1) is 0 Å². The molecule has 0 saturated carbocycles. The summed E-state index contributed by atoms with van der Waals surface area (Å²) in [6.45, 7) is 10.9. The van der Waals surface area contributed by atoms with E-state index in [2.05, 4.69) is 82.4 Å². The molecule has 0 spiro atoms. The monoisotopic (exact) mass is 334 g/mol. The first-order valence-electron chi connectivity index (χ1n) is 8.33. The Hall–Kier alpha value is -2.13. The maximum absolute atomic E-state index is 6.00. The van der Waals surface area contributed by atoms with Crippen LogP contribution >= 0.6 is 0 Å². The van der Waals surface area contributed by atoms with Crippen molar-refractivity contribution in [3.05, 3.63) is 60.2 Å². The molecule has 1 aromatic heterocycles. The third kappa shape index (κ3) is 3.51. The number of aromatic nitrogens is 1. The van der Waals surface area contributed by atoms with E-state index < -0.39 is 9.04 Å². The van der Waals surface area contributed by atoms with Crippen molar-refractivity contribution in [2.45, 2.75) is 39.3 Å². The highest BCUT2D eigenvalue weighted by atomic mass is 28.3. The number of hydrogen-bond acceptors (Lipinski definition) is 2. The predicted octanol–water partition coefficient (Wildman–Crippen LogP) is 5.83. The third-order valence-electron chi connectivity index (χ3n) is 4.05. The molecule has 0 bridgehead atoms. The highest BCUT2D eigenvalue weighted by molar-refractivity contribution is 6.49. The molecule has 0 atom stereocenters. The first kappa shape index (κ1) is 16.7. The standard InChI is InChI=1S/C21H24NOSi/c1-21(2,3)16-11-12-17-18(15-9-7-6-8-10-15)14-20(23-24(4)5)22-19(17)13-16/h6-14H,1-5H3. The molecule has 0 fully saturated rings. The van der Waals surface area contributed by atoms with Gasteiger partial charge in [0.1, 0.15) is 0 Å². The smallest absolute Gasteiger partial charge is 0.276 e. The van der Waals surface area contributed by atoms with Gasteiger partial charge in [-0.3, -0.25) is 0 Å². The van der Waals surface area contributed by atoms with Crippen LogP contribution in [0.5, 0.6) is 5.88 Å². The van der Waals surface area contributed by atoms with Gasteiger partial charge in [-0.1, -0.05) is 63.2 Å². The number of nitrogens with zero attached hydrogens (tertiary/aromatic N) is 1. The Labute approximate surface area is 146 Å². The third-order valence-corrected chi connectivity index (χ3v) is 4.66. The van der Waals surface area contributed by atoms with E-state index in [9.17, 15) is 0 Å². The van der Waals surface area contributed by atoms with Crippen LogP contribution in [0.2, 0.25) is 13.1 Å². The van der Waals surface area contributed by atoms with E-state index in [1.54, 1.807) is 0 Å². The van der Waals surface area contributed by atoms with Crippen LogP contribution < -0.4 is 4.43 Å². The molecule has 2 aromatic carbocycles. The largest absolute Gasteiger partial charge is 0.530 e. The molecule has 24 heavy (non-hydrogen) atoms. The molecule has 3 aromatic rings. The summed E-state index contributed by atoms with van der Waals surface area (Å²) in [4.78, 5) is 4.78. The molecule has 1 radical (unpaired) electrons. The van der Waals surface area contributed by atoms with Crippen molar-refractivity contribution in [3.8, 4) is 17.0 Å². The number of rotatable bonds is 3. The summed E-state index contributed by atoms with van der Waals surface area (Å²) in [5, 5.41) is 1.17. The molecule has 0 saturated heterocycles. The van der Waals surface area contributed by atoms with Crippen LogP contribution in [0.15, 0.2) is 54.6 Å². The van der Waals surface area contributed by atoms with Crippen LogP contribution in [0.4, 0.5) is 0 Å². The summed E-state index contributed by atoms with van der Waals surface area (Å²) < 4.78 is 6.00. The van der Waals surface area contributed by atoms with E-state index in [0.29, 0.717) is 0 Å². The Morgan fingerprint density at radius 2 is 1.62 bits per heavy atom. The van der Waals surface area contributed by atoms with E-state index in [1.807, 2.05) is 6.07 Å². The molecule has 0 amide bonds. The van der Waals surface area contributed by atoms with Gasteiger partial charge in [0.15, 0.2) is 0 Å². The van der Waals surface area contributed by atoms with Crippen LogP contribution in [0.3, 0.4) is 0 Å². The van der Waals surface area contributed by atoms with Crippen LogP contribution in [0.25, 0.3) is 22.0 Å². The lowest BCUT2D eigenvalue weighted by atomic mass is 9.86. The fourth-order valence-corrected chi connectivity index (χ4v) is 3.31. The van der Waals surface area contributed by atoms with E-state index in [0.717, 1.165) is 11.4 Å². The Kier molecular flexibility index (Phi) is 4.46. The molecule has 123 valence electrons. The molecule has 2 nitrogen and oxygen atoms in total. The number of pyridine rings is 1. The van der Waals surface area contributed by atoms with E-state index in [-0.39, 0.29) is 5.41 Å². The van der Waals surface area contributed by atoms with Crippen molar-refractivity contribution < 1.29 is 4.43 Å². The Morgan fingerprint density at radius 1 is 0.917 bits per heavy atom. The first-order valence-corrected chi connectivity index (χ1v) is 10.7. The summed E-state index contributed by atoms with van der Waals surface area (Å²) in [6.07, 6.45) is 0. The van der Waals surface area contributed by atoms with Gasteiger partial charge in [0.25, 0.3) is 9.04 Å². The zero-order valence-corrected chi connectivity index (χ0v) is 16.1. The fraction of sp³-hybridized carbons (Fsp3) is 0.286. The van der Waals surface area contributed by atoms with Gasteiger partial charge < -0.3 is 4.43 Å². The number of benzene rings is 2. The summed E-state index contributed by atoms with van der Waals surface area (Å²) in [7, 11) is -0.853. The highest BCUT2D eigenvalue weighted by Crippen LogP contribution is 2.33. The zero-order chi connectivity index (χ0) is 17.3. The minimum absolute atomic E-state index is 0.101. The average Bonchev–Trinajstić information content (AvgIpc) is 2.53. The van der Waals surface area contributed by atoms with Crippen molar-refractivity contribution in [1.82, 2.24) is 4.98 Å². The predicted molar refractivity (Wildman–Crippen MR) is 104 cm³/mol. The molecule has 0 aliphatic heterocycles. The normalized spacial score (nSPS) is 11.9. The molecule has 0 unspecified atom stereocenters. The lowest BCUT2D eigenvalue weighted by molar-refractivity contribution is 0.558. The van der Waals surface area contributed by atoms with Gasteiger partial charge >= 0.3 is 0 Å². The quantitative estimate of drug-likeness (QED) is 0.562. The highest BCUT2D eigenvalue weighted by Gasteiger charge is 2.16. The SMILES string of the molecule is C[Si](C)Oc1cc(-c2ccccc2)c2ccc(C(C)(C)C)cc2n1. The molecule has 0 aliphatic rings. The minimum atomic E-state index is -0.853. The maximum Gasteiger partial charge on any atom is 0.276 e. The van der Waals surface area contributed by atoms with Gasteiger partial charge in [0, 0.05) is 11.5 Å². The van der Waals surface area contributed by atoms with Crippen molar-refractivity contribution in [1.29, 1.82) is 0 Å². The van der Waals surface area contributed by atoms with Crippen LogP contribution in [-0.4, -0.2) is 14.0 Å². The van der Waals surface area contributed by atoms with Gasteiger partial charge in [-0.05, 0) is 41.3 Å². The van der Waals surface area contributed by atoms with E-state index in [4.69, 9.17) is 9.41 Å². The van der Waals surface area contributed by atoms with Crippen molar-refractivity contribution in [3.63, 3.8) is 0 Å². The fourth-order valence-electron chi connectivity index (χ4n) is 2.79. The van der Waals surface area contributed by atoms with Gasteiger partial charge in [-0.25, -0.2) is 4.98 Å². The minimum Gasteiger partial charge on any atom is -0.530 e. The molecule has 1 heterocycles. The number of fused-ring (bicyclic) bond motifs is 1. The van der Waals surface area contributed by atoms with E-state index in [1.165, 1.54) is 22.1 Å². The second kappa shape index (κ2) is 6.40. The molecule has 0 N–H and O–H groups in total. The topological polar surface area (TPSA) is 22.1 Å². The average molecular weight is 335 g/mol. The molecule has 0 aliphatic carbocycles. The second-order valence-electron chi connectivity index (χ2n) is 7.37. The summed E-state index contributed by atoms with van der Waals surface area (Å²) in [5.74, 6) is 0.728. The van der Waals surface area contributed by atoms with Crippen LogP contribution in [0, 0.1) is 0 Å². The van der Waals surface area contributed by atoms with Gasteiger partial charge in [-0.2, -0.15) is 0 Å². The van der Waals surface area contributed by atoms with Crippen LogP contribution in [0.1, 0.15) is 26.3 Å². The van der Waals surface area contributed by atoms with Crippen molar-refractivity contribution >= 4 is 19.9 Å². The van der Waals surface area contributed by atoms with Gasteiger partial charge in [0.05, 0.1) is 5.52 Å². The Morgan fingerprint density at radius 3 is 2.25 bits per heavy atom. The summed E-state index contributed by atoms with van der Waals surface area (Å²) in [6, 6.07) is 19.1. The first-order chi connectivity index (χ1) is 11.3. The maximum atomic E-state index is 6.00.